The molecule has 0 saturated carbocycles. The molecule has 1 aromatic heterocycles. The van der Waals surface area contributed by atoms with E-state index in [9.17, 15) is 22.8 Å². The van der Waals surface area contributed by atoms with Crippen molar-refractivity contribution in [2.24, 2.45) is 4.99 Å². The molecule has 5 rings (SSSR count). The monoisotopic (exact) mass is 623 g/mol. The molecule has 0 N–H and O–H groups in total. The van der Waals surface area contributed by atoms with Crippen molar-refractivity contribution < 1.29 is 32.2 Å². The van der Waals surface area contributed by atoms with Crippen LogP contribution < -0.4 is 9.64 Å². The summed E-state index contributed by atoms with van der Waals surface area (Å²) in [6.45, 7) is 5.84. The number of aromatic nitrogens is 3. The number of halogens is 3. The Morgan fingerprint density at radius 1 is 1.02 bits per heavy atom. The minimum Gasteiger partial charge on any atom is -0.445 e. The lowest BCUT2D eigenvalue weighted by Gasteiger charge is -2.21. The van der Waals surface area contributed by atoms with E-state index in [2.05, 4.69) is 19.8 Å². The topological polar surface area (TPSA) is 98.9 Å². The van der Waals surface area contributed by atoms with Gasteiger partial charge in [0.2, 0.25) is 5.91 Å². The Balaban J connectivity index is 1.19. The second-order valence-electron chi connectivity index (χ2n) is 10.3. The van der Waals surface area contributed by atoms with Crippen LogP contribution in [0.15, 0.2) is 84.1 Å². The highest BCUT2D eigenvalue weighted by atomic mass is 32.2. The highest BCUT2D eigenvalue weighted by Crippen LogP contribution is 2.33. The Morgan fingerprint density at radius 2 is 1.73 bits per heavy atom. The van der Waals surface area contributed by atoms with Crippen molar-refractivity contribution in [1.29, 1.82) is 0 Å². The molecule has 2 amide bonds. The standard InChI is InChI=1S/C31H28F3N5O4S/c1-19(2)25-6-4-5-7-26(25)39-27(40)17-44-29(39)36-30(41)42-20(3)16-21-8-10-22(11-9-21)28-35-18-38(37-28)23-12-14-24(15-13-23)43-31(32,33)34/h4-15,18-20H,16-17H2,1-3H3. The van der Waals surface area contributed by atoms with Crippen LogP contribution in [-0.4, -0.2) is 50.2 Å². The third kappa shape index (κ3) is 7.46. The molecule has 1 atom stereocenters. The SMILES string of the molecule is CC(Cc1ccc(-c2ncn(-c3ccc(OC(F)(F)F)cc3)n2)cc1)OC(=O)N=C1SCC(=O)N1c1ccccc1C(C)C. The summed E-state index contributed by atoms with van der Waals surface area (Å²) in [6.07, 6.45) is -4.13. The van der Waals surface area contributed by atoms with Crippen LogP contribution in [0.3, 0.4) is 0 Å². The van der Waals surface area contributed by atoms with Gasteiger partial charge < -0.3 is 9.47 Å². The van der Waals surface area contributed by atoms with Gasteiger partial charge >= 0.3 is 12.5 Å². The number of alkyl halides is 3. The second kappa shape index (κ2) is 12.9. The number of nitrogens with zero attached hydrogens (tertiary/aromatic N) is 5. The lowest BCUT2D eigenvalue weighted by atomic mass is 10.0. The third-order valence-corrected chi connectivity index (χ3v) is 7.54. The van der Waals surface area contributed by atoms with Gasteiger partial charge in [0.15, 0.2) is 11.0 Å². The fraction of sp³-hybridized carbons (Fsp3) is 0.258. The molecule has 0 aliphatic carbocycles. The molecule has 228 valence electrons. The normalized spacial score (nSPS) is 15.2. The number of rotatable bonds is 8. The van der Waals surface area contributed by atoms with Crippen molar-refractivity contribution in [3.05, 3.63) is 90.3 Å². The van der Waals surface area contributed by atoms with Crippen molar-refractivity contribution in [3.63, 3.8) is 0 Å². The molecule has 13 heteroatoms. The summed E-state index contributed by atoms with van der Waals surface area (Å²) in [4.78, 5) is 35.3. The number of hydrogen-bond donors (Lipinski definition) is 0. The summed E-state index contributed by atoms with van der Waals surface area (Å²) in [5, 5.41) is 4.70. The lowest BCUT2D eigenvalue weighted by Crippen LogP contribution is -2.31. The van der Waals surface area contributed by atoms with Gasteiger partial charge in [-0.3, -0.25) is 9.69 Å². The van der Waals surface area contributed by atoms with Gasteiger partial charge in [-0.25, -0.2) is 14.5 Å². The van der Waals surface area contributed by atoms with Gasteiger partial charge in [-0.05, 0) is 54.3 Å². The van der Waals surface area contributed by atoms with Gasteiger partial charge in [0, 0.05) is 12.0 Å². The summed E-state index contributed by atoms with van der Waals surface area (Å²) in [5.74, 6) is 0.325. The van der Waals surface area contributed by atoms with Crippen molar-refractivity contribution in [1.82, 2.24) is 14.8 Å². The molecule has 0 bridgehead atoms. The Morgan fingerprint density at radius 3 is 2.41 bits per heavy atom. The molecule has 44 heavy (non-hydrogen) atoms. The molecule has 1 saturated heterocycles. The number of carbonyl (C=O) groups is 2. The van der Waals surface area contributed by atoms with Crippen molar-refractivity contribution in [3.8, 4) is 22.8 Å². The molecule has 4 aromatic rings. The average Bonchev–Trinajstić information content (AvgIpc) is 3.60. The maximum Gasteiger partial charge on any atom is 0.573 e. The smallest absolute Gasteiger partial charge is 0.445 e. The zero-order valence-corrected chi connectivity index (χ0v) is 24.8. The first-order valence-corrected chi connectivity index (χ1v) is 14.7. The van der Waals surface area contributed by atoms with E-state index in [1.807, 2.05) is 62.4 Å². The predicted molar refractivity (Wildman–Crippen MR) is 161 cm³/mol. The first kappa shape index (κ1) is 30.8. The van der Waals surface area contributed by atoms with Gasteiger partial charge in [0.1, 0.15) is 18.2 Å². The molecule has 0 spiro atoms. The molecule has 1 unspecified atom stereocenters. The summed E-state index contributed by atoms with van der Waals surface area (Å²) in [7, 11) is 0. The van der Waals surface area contributed by atoms with Gasteiger partial charge in [0.05, 0.1) is 17.1 Å². The van der Waals surface area contributed by atoms with Crippen LogP contribution in [0, 0.1) is 0 Å². The molecular formula is C31H28F3N5O4S. The lowest BCUT2D eigenvalue weighted by molar-refractivity contribution is -0.274. The number of benzene rings is 3. The summed E-state index contributed by atoms with van der Waals surface area (Å²) < 4.78 is 48.1. The van der Waals surface area contributed by atoms with Crippen molar-refractivity contribution in [2.45, 2.75) is 45.6 Å². The third-order valence-electron chi connectivity index (χ3n) is 6.62. The van der Waals surface area contributed by atoms with E-state index in [0.717, 1.165) is 16.7 Å². The average molecular weight is 624 g/mol. The largest absolute Gasteiger partial charge is 0.573 e. The molecule has 3 aromatic carbocycles. The van der Waals surface area contributed by atoms with Crippen LogP contribution in [0.4, 0.5) is 23.7 Å². The van der Waals surface area contributed by atoms with E-state index in [4.69, 9.17) is 4.74 Å². The predicted octanol–water partition coefficient (Wildman–Crippen LogP) is 7.16. The molecule has 1 fully saturated rings. The number of para-hydroxylation sites is 1. The number of ether oxygens (including phenoxy) is 2. The molecule has 1 aliphatic rings. The van der Waals surface area contributed by atoms with Crippen molar-refractivity contribution >= 4 is 34.6 Å². The Bertz CT molecular complexity index is 1670. The minimum absolute atomic E-state index is 0.143. The van der Waals surface area contributed by atoms with Crippen molar-refractivity contribution in [2.75, 3.05) is 10.7 Å². The maximum atomic E-state index is 12.7. The van der Waals surface area contributed by atoms with E-state index in [1.54, 1.807) is 6.92 Å². The number of amides is 2. The van der Waals surface area contributed by atoms with Crippen LogP contribution in [0.2, 0.25) is 0 Å². The van der Waals surface area contributed by atoms with Gasteiger partial charge in [0.25, 0.3) is 0 Å². The van der Waals surface area contributed by atoms with E-state index < -0.39 is 18.6 Å². The van der Waals surface area contributed by atoms with Crippen LogP contribution in [0.5, 0.6) is 5.75 Å². The number of carbonyl (C=O) groups excluding carboxylic acids is 2. The van der Waals surface area contributed by atoms with E-state index in [1.165, 1.54) is 51.9 Å². The fourth-order valence-electron chi connectivity index (χ4n) is 4.62. The quantitative estimate of drug-likeness (QED) is 0.205. The molecule has 9 nitrogen and oxygen atoms in total. The second-order valence-corrected chi connectivity index (χ2v) is 11.2. The number of thioether (sulfide) groups is 1. The van der Waals surface area contributed by atoms with Gasteiger partial charge in [-0.1, -0.05) is 68.1 Å². The highest BCUT2D eigenvalue weighted by Gasteiger charge is 2.33. The zero-order chi connectivity index (χ0) is 31.4. The van der Waals surface area contributed by atoms with Gasteiger partial charge in [-0.2, -0.15) is 4.99 Å². The highest BCUT2D eigenvalue weighted by molar-refractivity contribution is 8.15. The summed E-state index contributed by atoms with van der Waals surface area (Å²) in [6, 6.07) is 20.3. The van der Waals surface area contributed by atoms with Crippen LogP contribution in [-0.2, 0) is 16.0 Å². The number of amidine groups is 1. The minimum atomic E-state index is -4.76. The molecular weight excluding hydrogens is 595 g/mol. The summed E-state index contributed by atoms with van der Waals surface area (Å²) >= 11 is 1.20. The molecule has 2 heterocycles. The Kier molecular flexibility index (Phi) is 9.04. The molecule has 1 aliphatic heterocycles. The maximum absolute atomic E-state index is 12.7. The fourth-order valence-corrected chi connectivity index (χ4v) is 5.47. The van der Waals surface area contributed by atoms with Crippen LogP contribution >= 0.6 is 11.8 Å². The number of hydrogen-bond acceptors (Lipinski definition) is 7. The van der Waals surface area contributed by atoms with E-state index in [-0.39, 0.29) is 23.3 Å². The zero-order valence-electron chi connectivity index (χ0n) is 24.0. The van der Waals surface area contributed by atoms with Gasteiger partial charge in [-0.15, -0.1) is 18.3 Å². The Labute approximate surface area is 255 Å². The van der Waals surface area contributed by atoms with Crippen LogP contribution in [0.25, 0.3) is 17.1 Å². The summed E-state index contributed by atoms with van der Waals surface area (Å²) in [5.41, 5.74) is 3.84. The van der Waals surface area contributed by atoms with E-state index >= 15 is 0 Å². The first-order chi connectivity index (χ1) is 21.0. The number of aliphatic imine (C=N–C) groups is 1. The van der Waals surface area contributed by atoms with Crippen LogP contribution in [0.1, 0.15) is 37.8 Å². The first-order valence-electron chi connectivity index (χ1n) is 13.7. The van der Waals surface area contributed by atoms with E-state index in [0.29, 0.717) is 28.8 Å². The molecule has 0 radical (unpaired) electrons. The Hall–Kier alpha value is -4.65. The number of anilines is 1.